The van der Waals surface area contributed by atoms with E-state index in [1.165, 1.54) is 7.11 Å². The number of fused-ring (bicyclic) bond motifs is 1. The van der Waals surface area contributed by atoms with Gasteiger partial charge in [0.15, 0.2) is 5.82 Å². The van der Waals surface area contributed by atoms with E-state index in [9.17, 15) is 9.59 Å². The van der Waals surface area contributed by atoms with Crippen molar-refractivity contribution in [3.8, 4) is 17.3 Å². The van der Waals surface area contributed by atoms with Crippen molar-refractivity contribution in [3.05, 3.63) is 59.9 Å². The van der Waals surface area contributed by atoms with E-state index < -0.39 is 11.6 Å². The molecule has 218 valence electrons. The Morgan fingerprint density at radius 2 is 1.86 bits per heavy atom. The molecule has 0 saturated heterocycles. The van der Waals surface area contributed by atoms with E-state index in [-0.39, 0.29) is 6.09 Å². The van der Waals surface area contributed by atoms with Gasteiger partial charge in [0.1, 0.15) is 16.9 Å². The molecule has 0 N–H and O–H groups in total. The fourth-order valence-electron chi connectivity index (χ4n) is 5.58. The van der Waals surface area contributed by atoms with Crippen LogP contribution in [0.15, 0.2) is 48.8 Å². The van der Waals surface area contributed by atoms with E-state index >= 15 is 0 Å². The van der Waals surface area contributed by atoms with Gasteiger partial charge in [-0.3, -0.25) is 9.58 Å². The van der Waals surface area contributed by atoms with Gasteiger partial charge in [-0.05, 0) is 52.0 Å². The quantitative estimate of drug-likeness (QED) is 0.249. The molecule has 0 radical (unpaired) electrons. The van der Waals surface area contributed by atoms with Crippen molar-refractivity contribution in [2.24, 2.45) is 0 Å². The highest BCUT2D eigenvalue weighted by Gasteiger charge is 2.31. The number of imidazole rings is 1. The summed E-state index contributed by atoms with van der Waals surface area (Å²) in [7, 11) is 2.93. The van der Waals surface area contributed by atoms with Crippen LogP contribution in [0.2, 0.25) is 0 Å². The van der Waals surface area contributed by atoms with Crippen LogP contribution in [0.4, 0.5) is 10.5 Å². The molecule has 0 unspecified atom stereocenters. The number of carbonyl (C=O) groups excluding carboxylic acids is 2. The van der Waals surface area contributed by atoms with Crippen molar-refractivity contribution < 1.29 is 23.8 Å². The highest BCUT2D eigenvalue weighted by atomic mass is 16.6. The smallest absolute Gasteiger partial charge is 0.414 e. The molecule has 0 aliphatic carbocycles. The Hall–Kier alpha value is -4.80. The molecule has 0 bridgehead atoms. The molecule has 6 rings (SSSR count). The van der Waals surface area contributed by atoms with Crippen LogP contribution in [-0.2, 0) is 29.1 Å². The molecule has 42 heavy (non-hydrogen) atoms. The second-order valence-corrected chi connectivity index (χ2v) is 11.3. The molecule has 0 spiro atoms. The molecule has 11 nitrogen and oxygen atoms in total. The third-order valence-corrected chi connectivity index (χ3v) is 7.38. The number of anilines is 1. The Kier molecular flexibility index (Phi) is 6.67. The number of benzene rings is 2. The molecule has 0 fully saturated rings. The van der Waals surface area contributed by atoms with Gasteiger partial charge in [0, 0.05) is 36.8 Å². The summed E-state index contributed by atoms with van der Waals surface area (Å²) in [6.07, 6.45) is 3.49. The highest BCUT2D eigenvalue weighted by Crippen LogP contribution is 2.40. The van der Waals surface area contributed by atoms with Gasteiger partial charge < -0.3 is 23.3 Å². The molecule has 1 amide bonds. The second-order valence-electron chi connectivity index (χ2n) is 11.3. The Labute approximate surface area is 243 Å². The summed E-state index contributed by atoms with van der Waals surface area (Å²) < 4.78 is 22.7. The average Bonchev–Trinajstić information content (AvgIpc) is 3.68. The topological polar surface area (TPSA) is 106 Å². The van der Waals surface area contributed by atoms with Crippen LogP contribution in [-0.4, -0.2) is 62.3 Å². The van der Waals surface area contributed by atoms with Crippen LogP contribution in [0.1, 0.15) is 43.6 Å². The van der Waals surface area contributed by atoms with Crippen LogP contribution in [0.25, 0.3) is 33.5 Å². The summed E-state index contributed by atoms with van der Waals surface area (Å²) in [5, 5.41) is 5.45. The first-order chi connectivity index (χ1) is 20.1. The lowest BCUT2D eigenvalue weighted by atomic mass is 10.2. The molecule has 1 aliphatic heterocycles. The van der Waals surface area contributed by atoms with Crippen LogP contribution in [0.3, 0.4) is 0 Å². The van der Waals surface area contributed by atoms with E-state index in [2.05, 4.69) is 20.3 Å². The number of esters is 1. The Morgan fingerprint density at radius 1 is 1.05 bits per heavy atom. The zero-order valence-electron chi connectivity index (χ0n) is 24.7. The lowest BCUT2D eigenvalue weighted by Gasteiger charge is -2.31. The highest BCUT2D eigenvalue weighted by molar-refractivity contribution is 6.03. The zero-order chi connectivity index (χ0) is 29.8. The SMILES string of the molecule is CCn1cc(Cn2c(-c3cc4cccc5c4n3CCN5C(=O)OC(C)(C)C)nc3cc(C(=O)OC)cc(OC)c32)cn1. The van der Waals surface area contributed by atoms with Gasteiger partial charge in [-0.1, -0.05) is 12.1 Å². The monoisotopic (exact) mass is 570 g/mol. The summed E-state index contributed by atoms with van der Waals surface area (Å²) in [4.78, 5) is 32.4. The molecule has 2 aromatic carbocycles. The molecule has 5 aromatic rings. The maximum Gasteiger partial charge on any atom is 0.414 e. The number of rotatable bonds is 6. The summed E-state index contributed by atoms with van der Waals surface area (Å²) in [5.41, 5.74) is 4.74. The summed E-state index contributed by atoms with van der Waals surface area (Å²) >= 11 is 0. The van der Waals surface area contributed by atoms with E-state index in [1.54, 1.807) is 24.1 Å². The third-order valence-electron chi connectivity index (χ3n) is 7.38. The van der Waals surface area contributed by atoms with Crippen LogP contribution in [0.5, 0.6) is 5.75 Å². The molecular formula is C31H34N6O5. The van der Waals surface area contributed by atoms with E-state index in [1.807, 2.05) is 63.0 Å². The van der Waals surface area contributed by atoms with Crippen molar-refractivity contribution in [1.29, 1.82) is 0 Å². The predicted octanol–water partition coefficient (Wildman–Crippen LogP) is 5.47. The molecule has 11 heteroatoms. The lowest BCUT2D eigenvalue weighted by molar-refractivity contribution is 0.0574. The number of nitrogens with zero attached hydrogens (tertiary/aromatic N) is 6. The van der Waals surface area contributed by atoms with Gasteiger partial charge in [-0.25, -0.2) is 14.6 Å². The Balaban J connectivity index is 1.56. The first-order valence-corrected chi connectivity index (χ1v) is 13.9. The van der Waals surface area contributed by atoms with Crippen LogP contribution < -0.4 is 9.64 Å². The molecule has 3 aromatic heterocycles. The largest absolute Gasteiger partial charge is 0.494 e. The standard InChI is InChI=1S/C31H34N6O5/c1-7-34-17-19(16-32-34)18-37-27-22(13-21(29(38)41-6)15-25(27)40-5)33-28(37)24-14-20-9-8-10-23-26(20)35(24)11-12-36(23)30(39)42-31(2,3)4/h8-10,13-17H,7,11-12,18H2,1-6H3. The number of para-hydroxylation sites is 1. The van der Waals surface area contributed by atoms with E-state index in [4.69, 9.17) is 19.2 Å². The van der Waals surface area contributed by atoms with Gasteiger partial charge in [0.25, 0.3) is 0 Å². The molecule has 0 atom stereocenters. The summed E-state index contributed by atoms with van der Waals surface area (Å²) in [6, 6.07) is 11.4. The molecule has 0 saturated carbocycles. The molecule has 1 aliphatic rings. The number of methoxy groups -OCH3 is 2. The number of aromatic nitrogens is 5. The van der Waals surface area contributed by atoms with Crippen molar-refractivity contribution in [1.82, 2.24) is 23.9 Å². The first-order valence-electron chi connectivity index (χ1n) is 13.9. The molecule has 4 heterocycles. The Bertz CT molecular complexity index is 1840. The minimum atomic E-state index is -0.603. The van der Waals surface area contributed by atoms with Crippen molar-refractivity contribution in [3.63, 3.8) is 0 Å². The molecular weight excluding hydrogens is 536 g/mol. The minimum absolute atomic E-state index is 0.355. The van der Waals surface area contributed by atoms with Crippen LogP contribution >= 0.6 is 0 Å². The van der Waals surface area contributed by atoms with Crippen LogP contribution in [0, 0.1) is 0 Å². The van der Waals surface area contributed by atoms with Gasteiger partial charge in [0.2, 0.25) is 0 Å². The number of hydrogen-bond acceptors (Lipinski definition) is 7. The lowest BCUT2D eigenvalue weighted by Crippen LogP contribution is -2.40. The predicted molar refractivity (Wildman–Crippen MR) is 159 cm³/mol. The number of hydrogen-bond donors (Lipinski definition) is 0. The van der Waals surface area contributed by atoms with E-state index in [0.29, 0.717) is 42.3 Å². The minimum Gasteiger partial charge on any atom is -0.494 e. The Morgan fingerprint density at radius 3 is 2.55 bits per heavy atom. The summed E-state index contributed by atoms with van der Waals surface area (Å²) in [5.74, 6) is 0.759. The second kappa shape index (κ2) is 10.2. The number of amides is 1. The number of ether oxygens (including phenoxy) is 3. The maximum atomic E-state index is 13.1. The van der Waals surface area contributed by atoms with Crippen molar-refractivity contribution >= 4 is 39.7 Å². The van der Waals surface area contributed by atoms with Gasteiger partial charge in [0.05, 0.1) is 54.9 Å². The number of aryl methyl sites for hydroxylation is 1. The zero-order valence-corrected chi connectivity index (χ0v) is 24.7. The fourth-order valence-corrected chi connectivity index (χ4v) is 5.58. The van der Waals surface area contributed by atoms with Gasteiger partial charge in [-0.15, -0.1) is 0 Å². The number of carbonyl (C=O) groups is 2. The van der Waals surface area contributed by atoms with Gasteiger partial charge in [-0.2, -0.15) is 5.10 Å². The van der Waals surface area contributed by atoms with Crippen molar-refractivity contribution in [2.45, 2.75) is 52.9 Å². The summed E-state index contributed by atoms with van der Waals surface area (Å²) in [6.45, 7) is 9.88. The first kappa shape index (κ1) is 27.4. The van der Waals surface area contributed by atoms with Crippen molar-refractivity contribution in [2.75, 3.05) is 25.7 Å². The average molecular weight is 571 g/mol. The third kappa shape index (κ3) is 4.64. The normalized spacial score (nSPS) is 13.1. The van der Waals surface area contributed by atoms with Gasteiger partial charge >= 0.3 is 12.1 Å². The van der Waals surface area contributed by atoms with E-state index in [0.717, 1.165) is 39.9 Å². The fraction of sp³-hybridized carbons (Fsp3) is 0.355. The maximum absolute atomic E-state index is 13.1.